The van der Waals surface area contributed by atoms with E-state index in [2.05, 4.69) is 0 Å². The minimum Gasteiger partial charge on any atom is -0.382 e. The van der Waals surface area contributed by atoms with Crippen LogP contribution in [0.5, 0.6) is 0 Å². The minimum absolute atomic E-state index is 0. The summed E-state index contributed by atoms with van der Waals surface area (Å²) in [6.07, 6.45) is -13.0. The molecule has 1 aromatic carbocycles. The second-order valence-electron chi connectivity index (χ2n) is 3.75. The molecule has 0 aliphatic carbocycles. The van der Waals surface area contributed by atoms with Gasteiger partial charge in [0.15, 0.2) is 6.10 Å². The molecule has 0 unspecified atom stereocenters. The smallest absolute Gasteiger partial charge is 0.382 e. The summed E-state index contributed by atoms with van der Waals surface area (Å²) in [4.78, 5) is 0. The number of nitrogens with two attached hydrogens (primary N) is 1. The lowest BCUT2D eigenvalue weighted by Crippen LogP contribution is -2.38. The first-order chi connectivity index (χ1) is 8.44. The van der Waals surface area contributed by atoms with Gasteiger partial charge in [0.1, 0.15) is 5.82 Å². The summed E-state index contributed by atoms with van der Waals surface area (Å²) in [5.41, 5.74) is 2.83. The van der Waals surface area contributed by atoms with Crippen LogP contribution in [0, 0.1) is 5.82 Å². The molecule has 2 atom stereocenters. The summed E-state index contributed by atoms with van der Waals surface area (Å²) < 4.78 is 86.3. The van der Waals surface area contributed by atoms with Crippen LogP contribution < -0.4 is 5.73 Å². The van der Waals surface area contributed by atoms with E-state index in [0.717, 1.165) is 0 Å². The summed E-state index contributed by atoms with van der Waals surface area (Å²) in [7, 11) is 0. The molecule has 20 heavy (non-hydrogen) atoms. The largest absolute Gasteiger partial charge is 0.419 e. The van der Waals surface area contributed by atoms with Crippen LogP contribution in [0.1, 0.15) is 17.2 Å². The topological polar surface area (TPSA) is 46.2 Å². The van der Waals surface area contributed by atoms with Crippen LogP contribution in [0.25, 0.3) is 0 Å². The van der Waals surface area contributed by atoms with Gasteiger partial charge in [-0.2, -0.15) is 26.3 Å². The van der Waals surface area contributed by atoms with Crippen molar-refractivity contribution in [1.29, 1.82) is 0 Å². The quantitative estimate of drug-likeness (QED) is 0.820. The predicted molar refractivity (Wildman–Crippen MR) is 57.6 cm³/mol. The zero-order valence-corrected chi connectivity index (χ0v) is 10.3. The molecule has 116 valence electrons. The van der Waals surface area contributed by atoms with E-state index in [0.29, 0.717) is 6.07 Å². The van der Waals surface area contributed by atoms with E-state index in [4.69, 9.17) is 10.8 Å². The number of hydrogen-bond donors (Lipinski definition) is 2. The van der Waals surface area contributed by atoms with Crippen molar-refractivity contribution in [2.45, 2.75) is 24.5 Å². The summed E-state index contributed by atoms with van der Waals surface area (Å²) >= 11 is 0. The molecular weight excluding hydrogens is 319 g/mol. The monoisotopic (exact) mass is 327 g/mol. The van der Waals surface area contributed by atoms with Gasteiger partial charge in [0, 0.05) is 0 Å². The number of hydrogen-bond acceptors (Lipinski definition) is 2. The maximum atomic E-state index is 13.1. The van der Waals surface area contributed by atoms with Crippen LogP contribution >= 0.6 is 12.4 Å². The lowest BCUT2D eigenvalue weighted by Gasteiger charge is -2.22. The van der Waals surface area contributed by atoms with Crippen molar-refractivity contribution in [3.8, 4) is 0 Å². The molecule has 1 rings (SSSR count). The molecule has 0 bridgehead atoms. The fourth-order valence-electron chi connectivity index (χ4n) is 1.35. The third kappa shape index (κ3) is 4.22. The average molecular weight is 328 g/mol. The Kier molecular flexibility index (Phi) is 5.82. The van der Waals surface area contributed by atoms with Gasteiger partial charge in [0.05, 0.1) is 11.6 Å². The Morgan fingerprint density at radius 1 is 1.05 bits per heavy atom. The summed E-state index contributed by atoms with van der Waals surface area (Å²) in [5, 5.41) is 8.83. The van der Waals surface area contributed by atoms with Crippen LogP contribution in [0.4, 0.5) is 30.7 Å². The summed E-state index contributed by atoms with van der Waals surface area (Å²) in [6, 6.07) is -0.988. The van der Waals surface area contributed by atoms with Gasteiger partial charge >= 0.3 is 12.4 Å². The average Bonchev–Trinajstić information content (AvgIpc) is 2.23. The number of benzene rings is 1. The Morgan fingerprint density at radius 3 is 1.90 bits per heavy atom. The highest BCUT2D eigenvalue weighted by Gasteiger charge is 2.43. The molecule has 2 nitrogen and oxygen atoms in total. The van der Waals surface area contributed by atoms with Crippen molar-refractivity contribution in [2.75, 3.05) is 0 Å². The molecule has 0 aromatic heterocycles. The molecule has 0 heterocycles. The number of aliphatic hydroxyl groups excluding tert-OH is 1. The first kappa shape index (κ1) is 18.9. The maximum Gasteiger partial charge on any atom is 0.419 e. The SMILES string of the molecule is Cl.N[C@@H](c1ccc(C(F)(F)F)c(F)c1)[C@H](O)C(F)(F)F. The van der Waals surface area contributed by atoms with Crippen molar-refractivity contribution < 1.29 is 35.8 Å². The molecule has 3 N–H and O–H groups in total. The Balaban J connectivity index is 0.00000361. The van der Waals surface area contributed by atoms with Crippen LogP contribution in [-0.4, -0.2) is 17.4 Å². The number of aliphatic hydroxyl groups is 1. The molecule has 1 aromatic rings. The summed E-state index contributed by atoms with van der Waals surface area (Å²) in [5.74, 6) is -1.75. The Bertz CT molecular complexity index is 460. The maximum absolute atomic E-state index is 13.1. The van der Waals surface area contributed by atoms with E-state index >= 15 is 0 Å². The van der Waals surface area contributed by atoms with Crippen molar-refractivity contribution in [3.63, 3.8) is 0 Å². The Labute approximate surface area is 114 Å². The lowest BCUT2D eigenvalue weighted by molar-refractivity contribution is -0.210. The van der Waals surface area contributed by atoms with Gasteiger partial charge in [-0.25, -0.2) is 4.39 Å². The van der Waals surface area contributed by atoms with E-state index in [1.54, 1.807) is 0 Å². The lowest BCUT2D eigenvalue weighted by atomic mass is 10.00. The first-order valence-electron chi connectivity index (χ1n) is 4.81. The molecular formula is C10H9ClF7NO. The molecule has 0 radical (unpaired) electrons. The first-order valence-corrected chi connectivity index (χ1v) is 4.81. The fraction of sp³-hybridized carbons (Fsp3) is 0.400. The molecule has 0 saturated heterocycles. The number of alkyl halides is 6. The molecule has 0 aliphatic heterocycles. The highest BCUT2D eigenvalue weighted by atomic mass is 35.5. The number of rotatable bonds is 2. The second-order valence-corrected chi connectivity index (χ2v) is 3.75. The molecule has 0 amide bonds. The van der Waals surface area contributed by atoms with E-state index in [1.165, 1.54) is 0 Å². The van der Waals surface area contributed by atoms with Crippen LogP contribution in [0.15, 0.2) is 18.2 Å². The fourth-order valence-corrected chi connectivity index (χ4v) is 1.35. The molecule has 0 spiro atoms. The van der Waals surface area contributed by atoms with Crippen LogP contribution in [0.3, 0.4) is 0 Å². The molecule has 0 fully saturated rings. The number of halogens is 8. The van der Waals surface area contributed by atoms with E-state index < -0.39 is 41.4 Å². The minimum atomic E-state index is -5.06. The predicted octanol–water partition coefficient (Wildman–Crippen LogP) is 3.19. The van der Waals surface area contributed by atoms with Crippen molar-refractivity contribution in [2.24, 2.45) is 5.73 Å². The third-order valence-electron chi connectivity index (χ3n) is 2.36. The van der Waals surface area contributed by atoms with Gasteiger partial charge in [-0.3, -0.25) is 0 Å². The molecule has 0 aliphatic rings. The highest BCUT2D eigenvalue weighted by molar-refractivity contribution is 5.85. The summed E-state index contributed by atoms with van der Waals surface area (Å²) in [6.45, 7) is 0. The van der Waals surface area contributed by atoms with Crippen LogP contribution in [-0.2, 0) is 6.18 Å². The van der Waals surface area contributed by atoms with Crippen molar-refractivity contribution in [1.82, 2.24) is 0 Å². The second kappa shape index (κ2) is 6.15. The third-order valence-corrected chi connectivity index (χ3v) is 2.36. The van der Waals surface area contributed by atoms with Crippen LogP contribution in [0.2, 0.25) is 0 Å². The van der Waals surface area contributed by atoms with Crippen molar-refractivity contribution >= 4 is 12.4 Å². The Morgan fingerprint density at radius 2 is 1.55 bits per heavy atom. The van der Waals surface area contributed by atoms with E-state index in [1.807, 2.05) is 0 Å². The van der Waals surface area contributed by atoms with Gasteiger partial charge in [-0.1, -0.05) is 6.07 Å². The Hall–Kier alpha value is -1.06. The van der Waals surface area contributed by atoms with E-state index in [-0.39, 0.29) is 24.5 Å². The van der Waals surface area contributed by atoms with Gasteiger partial charge in [0.25, 0.3) is 0 Å². The zero-order valence-electron chi connectivity index (χ0n) is 9.47. The van der Waals surface area contributed by atoms with Gasteiger partial charge in [-0.05, 0) is 17.7 Å². The highest BCUT2D eigenvalue weighted by Crippen LogP contribution is 2.34. The van der Waals surface area contributed by atoms with Gasteiger partial charge in [0.2, 0.25) is 0 Å². The van der Waals surface area contributed by atoms with Gasteiger partial charge in [-0.15, -0.1) is 12.4 Å². The standard InChI is InChI=1S/C10H8F7NO.ClH/c11-6-3-4(1-2-5(6)9(12,13)14)7(18)8(19)10(15,16)17;/h1-3,7-8,19H,18H2;1H/t7-,8-;/m0./s1. The van der Waals surface area contributed by atoms with E-state index in [9.17, 15) is 30.7 Å². The van der Waals surface area contributed by atoms with Gasteiger partial charge < -0.3 is 10.8 Å². The molecule has 0 saturated carbocycles. The van der Waals surface area contributed by atoms with Crippen molar-refractivity contribution in [3.05, 3.63) is 35.1 Å². The normalized spacial score (nSPS) is 15.4. The molecule has 10 heteroatoms. The zero-order chi connectivity index (χ0) is 15.0.